The van der Waals surface area contributed by atoms with Gasteiger partial charge in [0.15, 0.2) is 0 Å². The maximum absolute atomic E-state index is 5.75. The molecule has 0 spiro atoms. The van der Waals surface area contributed by atoms with Crippen molar-refractivity contribution >= 4 is 32.8 Å². The molecule has 0 saturated heterocycles. The lowest BCUT2D eigenvalue weighted by molar-refractivity contribution is 0.679. The van der Waals surface area contributed by atoms with E-state index >= 15 is 0 Å². The van der Waals surface area contributed by atoms with E-state index in [1.165, 1.54) is 27.3 Å². The van der Waals surface area contributed by atoms with Gasteiger partial charge in [-0.3, -0.25) is 0 Å². The molecule has 0 atom stereocenters. The number of rotatable bonds is 1. The Balaban J connectivity index is 1.77. The number of benzene rings is 3. The monoisotopic (exact) mass is 297 g/mol. The van der Waals surface area contributed by atoms with Crippen LogP contribution in [0.2, 0.25) is 0 Å². The molecule has 0 aliphatic heterocycles. The lowest BCUT2D eigenvalue weighted by atomic mass is 10.0. The number of aromatic nitrogens is 1. The summed E-state index contributed by atoms with van der Waals surface area (Å²) in [6.07, 6.45) is 0. The molecule has 2 heteroatoms. The van der Waals surface area contributed by atoms with Crippen molar-refractivity contribution in [3.8, 4) is 11.3 Å². The summed E-state index contributed by atoms with van der Waals surface area (Å²) in [4.78, 5) is 4.90. The smallest absolute Gasteiger partial charge is 0.135 e. The van der Waals surface area contributed by atoms with Crippen LogP contribution in [0.1, 0.15) is 11.1 Å². The molecule has 5 aromatic rings. The predicted molar refractivity (Wildman–Crippen MR) is 95.1 cm³/mol. The summed E-state index contributed by atoms with van der Waals surface area (Å²) in [7, 11) is 0. The van der Waals surface area contributed by atoms with Crippen molar-refractivity contribution in [2.24, 2.45) is 0 Å². The molecule has 0 radical (unpaired) electrons. The van der Waals surface area contributed by atoms with Crippen LogP contribution in [0.15, 0.2) is 59.0 Å². The van der Waals surface area contributed by atoms with Gasteiger partial charge < -0.3 is 4.42 Å². The van der Waals surface area contributed by atoms with E-state index in [0.717, 1.165) is 27.9 Å². The Morgan fingerprint density at radius 2 is 1.61 bits per heavy atom. The SMILES string of the molecule is Cc1ccc2nc(-c3ccc4c5ccc(o5)c4c3)c(C)cc2c1. The molecule has 5 rings (SSSR count). The van der Waals surface area contributed by atoms with Crippen LogP contribution in [-0.2, 0) is 0 Å². The number of nitrogens with zero attached hydrogens (tertiary/aromatic N) is 1. The zero-order valence-corrected chi connectivity index (χ0v) is 13.1. The van der Waals surface area contributed by atoms with Gasteiger partial charge in [-0.2, -0.15) is 0 Å². The van der Waals surface area contributed by atoms with Crippen molar-refractivity contribution < 1.29 is 4.42 Å². The van der Waals surface area contributed by atoms with Crippen molar-refractivity contribution in [3.05, 3.63) is 65.7 Å². The second kappa shape index (κ2) is 4.32. The van der Waals surface area contributed by atoms with Crippen LogP contribution in [0.4, 0.5) is 0 Å². The molecule has 0 fully saturated rings. The Hall–Kier alpha value is -2.87. The lowest BCUT2D eigenvalue weighted by Gasteiger charge is -2.08. The standard InChI is InChI=1S/C21H15NO/c1-12-3-6-18-15(9-12)10-13(2)21(22-18)14-4-5-16-17(11-14)20-8-7-19(16)23-20/h3-11H,1-2H3. The number of pyridine rings is 1. The molecule has 3 aromatic heterocycles. The third-order valence-corrected chi connectivity index (χ3v) is 4.59. The maximum atomic E-state index is 5.75. The molecular formula is C21H15NO. The first-order valence-electron chi connectivity index (χ1n) is 7.82. The van der Waals surface area contributed by atoms with Crippen molar-refractivity contribution in [1.29, 1.82) is 0 Å². The van der Waals surface area contributed by atoms with Gasteiger partial charge in [-0.1, -0.05) is 17.7 Å². The van der Waals surface area contributed by atoms with Gasteiger partial charge in [0.25, 0.3) is 0 Å². The fraction of sp³-hybridized carbons (Fsp3) is 0.0952. The van der Waals surface area contributed by atoms with Gasteiger partial charge >= 0.3 is 0 Å². The van der Waals surface area contributed by atoms with Crippen LogP contribution >= 0.6 is 0 Å². The van der Waals surface area contributed by atoms with Gasteiger partial charge in [0.2, 0.25) is 0 Å². The van der Waals surface area contributed by atoms with Crippen molar-refractivity contribution in [2.75, 3.05) is 0 Å². The summed E-state index contributed by atoms with van der Waals surface area (Å²) in [5, 5.41) is 3.55. The third-order valence-electron chi connectivity index (χ3n) is 4.59. The molecule has 0 aliphatic carbocycles. The molecule has 23 heavy (non-hydrogen) atoms. The van der Waals surface area contributed by atoms with Gasteiger partial charge in [0.1, 0.15) is 11.2 Å². The minimum absolute atomic E-state index is 0.950. The molecule has 0 unspecified atom stereocenters. The van der Waals surface area contributed by atoms with Gasteiger partial charge in [-0.15, -0.1) is 0 Å². The summed E-state index contributed by atoms with van der Waals surface area (Å²) < 4.78 is 5.75. The molecule has 0 aliphatic rings. The Morgan fingerprint density at radius 1 is 0.783 bits per heavy atom. The first kappa shape index (κ1) is 12.7. The second-order valence-electron chi connectivity index (χ2n) is 6.27. The zero-order valence-electron chi connectivity index (χ0n) is 13.1. The second-order valence-corrected chi connectivity index (χ2v) is 6.27. The highest BCUT2D eigenvalue weighted by molar-refractivity contribution is 6.08. The van der Waals surface area contributed by atoms with Crippen LogP contribution in [0, 0.1) is 13.8 Å². The number of hydrogen-bond acceptors (Lipinski definition) is 2. The highest BCUT2D eigenvalue weighted by atomic mass is 16.3. The van der Waals surface area contributed by atoms with Crippen molar-refractivity contribution in [2.45, 2.75) is 13.8 Å². The number of hydrogen-bond donors (Lipinski definition) is 0. The van der Waals surface area contributed by atoms with Crippen molar-refractivity contribution in [1.82, 2.24) is 4.98 Å². The predicted octanol–water partition coefficient (Wildman–Crippen LogP) is 5.86. The number of furan rings is 2. The molecule has 2 aromatic carbocycles. The summed E-state index contributed by atoms with van der Waals surface area (Å²) in [5.74, 6) is 0. The van der Waals surface area contributed by atoms with Crippen LogP contribution in [0.5, 0.6) is 0 Å². The largest absolute Gasteiger partial charge is 0.456 e. The Labute approximate surface area is 133 Å². The molecule has 0 N–H and O–H groups in total. The minimum atomic E-state index is 0.950. The summed E-state index contributed by atoms with van der Waals surface area (Å²) in [6.45, 7) is 4.24. The van der Waals surface area contributed by atoms with Crippen LogP contribution in [0.3, 0.4) is 0 Å². The first-order valence-corrected chi connectivity index (χ1v) is 7.82. The van der Waals surface area contributed by atoms with E-state index < -0.39 is 0 Å². The van der Waals surface area contributed by atoms with Crippen molar-refractivity contribution in [3.63, 3.8) is 0 Å². The number of aryl methyl sites for hydroxylation is 2. The van der Waals surface area contributed by atoms with E-state index in [0.29, 0.717) is 0 Å². The Bertz CT molecular complexity index is 1180. The first-order chi connectivity index (χ1) is 11.2. The highest BCUT2D eigenvalue weighted by Crippen LogP contribution is 2.35. The quantitative estimate of drug-likeness (QED) is 0.387. The summed E-state index contributed by atoms with van der Waals surface area (Å²) >= 11 is 0. The maximum Gasteiger partial charge on any atom is 0.135 e. The Morgan fingerprint density at radius 3 is 2.48 bits per heavy atom. The normalized spacial score (nSPS) is 11.9. The van der Waals surface area contributed by atoms with Gasteiger partial charge in [0.05, 0.1) is 11.2 Å². The van der Waals surface area contributed by atoms with Gasteiger partial charge in [-0.05, 0) is 61.9 Å². The van der Waals surface area contributed by atoms with Gasteiger partial charge in [-0.25, -0.2) is 4.98 Å². The van der Waals surface area contributed by atoms with E-state index in [4.69, 9.17) is 9.40 Å². The average molecular weight is 297 g/mol. The van der Waals surface area contributed by atoms with E-state index in [2.05, 4.69) is 56.3 Å². The highest BCUT2D eigenvalue weighted by Gasteiger charge is 2.12. The van der Waals surface area contributed by atoms with Crippen LogP contribution in [-0.4, -0.2) is 4.98 Å². The van der Waals surface area contributed by atoms with Crippen LogP contribution in [0.25, 0.3) is 44.1 Å². The molecule has 2 nitrogen and oxygen atoms in total. The van der Waals surface area contributed by atoms with Crippen LogP contribution < -0.4 is 0 Å². The van der Waals surface area contributed by atoms with E-state index in [-0.39, 0.29) is 0 Å². The lowest BCUT2D eigenvalue weighted by Crippen LogP contribution is -1.90. The minimum Gasteiger partial charge on any atom is -0.456 e. The molecule has 2 bridgehead atoms. The topological polar surface area (TPSA) is 26.0 Å². The summed E-state index contributed by atoms with van der Waals surface area (Å²) in [5.41, 5.74) is 7.59. The number of fused-ring (bicyclic) bond motifs is 6. The molecular weight excluding hydrogens is 282 g/mol. The fourth-order valence-corrected chi connectivity index (χ4v) is 3.43. The summed E-state index contributed by atoms with van der Waals surface area (Å²) in [6, 6.07) is 19.1. The molecule has 110 valence electrons. The van der Waals surface area contributed by atoms with Gasteiger partial charge in [0, 0.05) is 21.7 Å². The molecule has 3 heterocycles. The zero-order chi connectivity index (χ0) is 15.6. The van der Waals surface area contributed by atoms with E-state index in [9.17, 15) is 0 Å². The third kappa shape index (κ3) is 1.78. The van der Waals surface area contributed by atoms with E-state index in [1.807, 2.05) is 12.1 Å². The molecule has 0 saturated carbocycles. The average Bonchev–Trinajstić information content (AvgIpc) is 3.16. The fourth-order valence-electron chi connectivity index (χ4n) is 3.43. The van der Waals surface area contributed by atoms with E-state index in [1.54, 1.807) is 0 Å². The molecule has 0 amide bonds. The Kier molecular flexibility index (Phi) is 2.38.